The minimum atomic E-state index is -0.581. The first-order chi connectivity index (χ1) is 11.0. The third kappa shape index (κ3) is 1.92. The van der Waals surface area contributed by atoms with E-state index in [1.54, 1.807) is 0 Å². The van der Waals surface area contributed by atoms with Crippen LogP contribution in [-0.4, -0.2) is 23.1 Å². The number of rotatable bonds is 2. The van der Waals surface area contributed by atoms with Gasteiger partial charge in [0.2, 0.25) is 0 Å². The Labute approximate surface area is 136 Å². The predicted molar refractivity (Wildman–Crippen MR) is 89.2 cm³/mol. The van der Waals surface area contributed by atoms with Gasteiger partial charge in [-0.15, -0.1) is 0 Å². The second-order valence-electron chi connectivity index (χ2n) is 6.89. The van der Waals surface area contributed by atoms with E-state index in [4.69, 9.17) is 4.74 Å². The Kier molecular flexibility index (Phi) is 3.02. The summed E-state index contributed by atoms with van der Waals surface area (Å²) in [5.41, 5.74) is 2.71. The topological polar surface area (TPSA) is 29.5 Å². The Morgan fingerprint density at radius 1 is 1.04 bits per heavy atom. The first-order valence-corrected chi connectivity index (χ1v) is 8.17. The molecule has 3 nitrogen and oxygen atoms in total. The lowest BCUT2D eigenvalue weighted by Crippen LogP contribution is -2.56. The fourth-order valence-electron chi connectivity index (χ4n) is 4.20. The largest absolute Gasteiger partial charge is 0.440 e. The maximum Gasteiger partial charge on any atom is 0.411 e. The van der Waals surface area contributed by atoms with Crippen molar-refractivity contribution in [2.24, 2.45) is 0 Å². The molecule has 1 amide bonds. The van der Waals surface area contributed by atoms with Crippen molar-refractivity contribution in [2.75, 3.05) is 6.54 Å². The molecule has 0 saturated carbocycles. The summed E-state index contributed by atoms with van der Waals surface area (Å²) in [5.74, 6) is 0. The van der Waals surface area contributed by atoms with Crippen LogP contribution in [0.1, 0.15) is 30.5 Å². The average Bonchev–Trinajstić information content (AvgIpc) is 2.75. The monoisotopic (exact) mass is 307 g/mol. The number of hydrogen-bond acceptors (Lipinski definition) is 2. The minimum absolute atomic E-state index is 0.194. The van der Waals surface area contributed by atoms with Crippen LogP contribution in [0.15, 0.2) is 54.6 Å². The number of benzene rings is 2. The lowest BCUT2D eigenvalue weighted by atomic mass is 9.70. The van der Waals surface area contributed by atoms with Crippen LogP contribution in [0, 0.1) is 0 Å². The van der Waals surface area contributed by atoms with Crippen molar-refractivity contribution in [2.45, 2.75) is 37.8 Å². The maximum absolute atomic E-state index is 12.5. The Morgan fingerprint density at radius 3 is 2.52 bits per heavy atom. The molecule has 2 aliphatic heterocycles. The zero-order valence-corrected chi connectivity index (χ0v) is 13.6. The summed E-state index contributed by atoms with van der Waals surface area (Å²) in [5, 5.41) is 0. The zero-order valence-electron chi connectivity index (χ0n) is 13.6. The van der Waals surface area contributed by atoms with E-state index in [2.05, 4.69) is 50.2 Å². The van der Waals surface area contributed by atoms with Gasteiger partial charge in [0.1, 0.15) is 11.1 Å². The van der Waals surface area contributed by atoms with E-state index >= 15 is 0 Å². The van der Waals surface area contributed by atoms with Crippen LogP contribution >= 0.6 is 0 Å². The number of cyclic esters (lactones) is 1. The standard InChI is InChI=1S/C20H21NO2/c1-19(14-15-8-4-3-5-9-15)20(2)17-11-7-6-10-16(17)12-13-21(20)18(22)23-19/h3-11H,12-14H2,1-2H3/t19-,20+/m1/s1. The maximum atomic E-state index is 12.5. The summed E-state index contributed by atoms with van der Waals surface area (Å²) in [6, 6.07) is 18.7. The Bertz CT molecular complexity index is 757. The summed E-state index contributed by atoms with van der Waals surface area (Å²) >= 11 is 0. The van der Waals surface area contributed by atoms with E-state index in [0.29, 0.717) is 6.42 Å². The van der Waals surface area contributed by atoms with E-state index in [-0.39, 0.29) is 6.09 Å². The molecule has 1 fully saturated rings. The molecule has 1 saturated heterocycles. The van der Waals surface area contributed by atoms with Crippen molar-refractivity contribution in [1.82, 2.24) is 4.90 Å². The molecule has 2 aliphatic rings. The second kappa shape index (κ2) is 4.85. The van der Waals surface area contributed by atoms with Gasteiger partial charge < -0.3 is 4.74 Å². The van der Waals surface area contributed by atoms with Crippen molar-refractivity contribution in [1.29, 1.82) is 0 Å². The fraction of sp³-hybridized carbons (Fsp3) is 0.350. The molecule has 23 heavy (non-hydrogen) atoms. The molecule has 118 valence electrons. The normalized spacial score (nSPS) is 29.0. The lowest BCUT2D eigenvalue weighted by molar-refractivity contribution is 0.00241. The number of amides is 1. The van der Waals surface area contributed by atoms with E-state index in [1.807, 2.05) is 23.1 Å². The number of nitrogens with zero attached hydrogens (tertiary/aromatic N) is 1. The third-order valence-corrected chi connectivity index (χ3v) is 5.63. The van der Waals surface area contributed by atoms with Crippen LogP contribution in [0.5, 0.6) is 0 Å². The molecular formula is C20H21NO2. The van der Waals surface area contributed by atoms with Gasteiger partial charge in [-0.05, 0) is 37.0 Å². The predicted octanol–water partition coefficient (Wildman–Crippen LogP) is 3.91. The molecule has 2 aromatic carbocycles. The minimum Gasteiger partial charge on any atom is -0.440 e. The van der Waals surface area contributed by atoms with Crippen molar-refractivity contribution in [3.05, 3.63) is 71.3 Å². The van der Waals surface area contributed by atoms with Gasteiger partial charge in [0.05, 0.1) is 0 Å². The van der Waals surface area contributed by atoms with E-state index in [0.717, 1.165) is 13.0 Å². The molecule has 2 aromatic rings. The highest BCUT2D eigenvalue weighted by molar-refractivity contribution is 5.74. The molecule has 2 atom stereocenters. The fourth-order valence-corrected chi connectivity index (χ4v) is 4.20. The summed E-state index contributed by atoms with van der Waals surface area (Å²) < 4.78 is 5.95. The summed E-state index contributed by atoms with van der Waals surface area (Å²) in [4.78, 5) is 14.4. The molecule has 0 unspecified atom stereocenters. The molecule has 2 heterocycles. The third-order valence-electron chi connectivity index (χ3n) is 5.63. The van der Waals surface area contributed by atoms with Crippen LogP contribution in [0.2, 0.25) is 0 Å². The Balaban J connectivity index is 1.84. The zero-order chi connectivity index (χ0) is 16.1. The van der Waals surface area contributed by atoms with Gasteiger partial charge >= 0.3 is 6.09 Å². The molecule has 0 spiro atoms. The van der Waals surface area contributed by atoms with Gasteiger partial charge in [0.15, 0.2) is 0 Å². The highest BCUT2D eigenvalue weighted by Crippen LogP contribution is 2.51. The van der Waals surface area contributed by atoms with E-state index < -0.39 is 11.1 Å². The van der Waals surface area contributed by atoms with Gasteiger partial charge in [0, 0.05) is 13.0 Å². The van der Waals surface area contributed by atoms with Crippen molar-refractivity contribution >= 4 is 6.09 Å². The van der Waals surface area contributed by atoms with E-state index in [1.165, 1.54) is 16.7 Å². The second-order valence-corrected chi connectivity index (χ2v) is 6.89. The van der Waals surface area contributed by atoms with Crippen molar-refractivity contribution in [3.63, 3.8) is 0 Å². The molecule has 4 rings (SSSR count). The van der Waals surface area contributed by atoms with Gasteiger partial charge in [-0.2, -0.15) is 0 Å². The van der Waals surface area contributed by atoms with Crippen LogP contribution in [-0.2, 0) is 23.1 Å². The van der Waals surface area contributed by atoms with Crippen LogP contribution in [0.4, 0.5) is 4.79 Å². The number of hydrogen-bond donors (Lipinski definition) is 0. The van der Waals surface area contributed by atoms with Crippen molar-refractivity contribution < 1.29 is 9.53 Å². The Hall–Kier alpha value is -2.29. The molecule has 0 bridgehead atoms. The molecule has 0 aliphatic carbocycles. The van der Waals surface area contributed by atoms with Crippen LogP contribution < -0.4 is 0 Å². The van der Waals surface area contributed by atoms with Crippen molar-refractivity contribution in [3.8, 4) is 0 Å². The van der Waals surface area contributed by atoms with Gasteiger partial charge in [-0.25, -0.2) is 4.79 Å². The lowest BCUT2D eigenvalue weighted by Gasteiger charge is -2.46. The molecule has 0 N–H and O–H groups in total. The highest BCUT2D eigenvalue weighted by atomic mass is 16.6. The summed E-state index contributed by atoms with van der Waals surface area (Å²) in [7, 11) is 0. The number of ether oxygens (including phenoxy) is 1. The molecule has 3 heteroatoms. The quantitative estimate of drug-likeness (QED) is 0.842. The van der Waals surface area contributed by atoms with Gasteiger partial charge in [-0.3, -0.25) is 4.90 Å². The number of carbonyl (C=O) groups excluding carboxylic acids is 1. The first-order valence-electron chi connectivity index (χ1n) is 8.17. The SMILES string of the molecule is C[C@]1(Cc2ccccc2)OC(=O)N2CCc3ccccc3[C@]21C. The smallest absolute Gasteiger partial charge is 0.411 e. The average molecular weight is 307 g/mol. The van der Waals surface area contributed by atoms with Gasteiger partial charge in [-0.1, -0.05) is 54.6 Å². The summed E-state index contributed by atoms with van der Waals surface area (Å²) in [6.07, 6.45) is 1.41. The Morgan fingerprint density at radius 2 is 1.74 bits per heavy atom. The van der Waals surface area contributed by atoms with Gasteiger partial charge in [0.25, 0.3) is 0 Å². The molecular weight excluding hydrogens is 286 g/mol. The van der Waals surface area contributed by atoms with Crippen LogP contribution in [0.3, 0.4) is 0 Å². The number of carbonyl (C=O) groups is 1. The van der Waals surface area contributed by atoms with Crippen LogP contribution in [0.25, 0.3) is 0 Å². The molecule has 0 radical (unpaired) electrons. The molecule has 0 aromatic heterocycles. The number of fused-ring (bicyclic) bond motifs is 3. The highest BCUT2D eigenvalue weighted by Gasteiger charge is 2.62. The first kappa shape index (κ1) is 14.3. The van der Waals surface area contributed by atoms with E-state index in [9.17, 15) is 4.79 Å². The summed E-state index contributed by atoms with van der Waals surface area (Å²) in [6.45, 7) is 4.94.